The molecule has 176 valence electrons. The quantitative estimate of drug-likeness (QED) is 0.446. The van der Waals surface area contributed by atoms with Gasteiger partial charge >= 0.3 is 0 Å². The molecule has 2 aliphatic rings. The number of fused-ring (bicyclic) bond motifs is 1. The lowest BCUT2D eigenvalue weighted by atomic mass is 9.68. The molecule has 34 heavy (non-hydrogen) atoms. The van der Waals surface area contributed by atoms with Gasteiger partial charge in [0.05, 0.1) is 18.2 Å². The van der Waals surface area contributed by atoms with Crippen LogP contribution in [0.4, 0.5) is 5.82 Å². The molecule has 5 rings (SSSR count). The van der Waals surface area contributed by atoms with Crippen molar-refractivity contribution in [3.63, 3.8) is 0 Å². The first-order valence-electron chi connectivity index (χ1n) is 11.8. The average molecular weight is 458 g/mol. The fourth-order valence-electron chi connectivity index (χ4n) is 5.61. The summed E-state index contributed by atoms with van der Waals surface area (Å²) in [6, 6.07) is 8.12. The number of nitrogens with two attached hydrogens (primary N) is 1. The highest BCUT2D eigenvalue weighted by atomic mass is 16.5. The van der Waals surface area contributed by atoms with E-state index in [1.54, 1.807) is 13.2 Å². The predicted octanol–water partition coefficient (Wildman–Crippen LogP) is 4.59. The topological polar surface area (TPSA) is 86.3 Å². The summed E-state index contributed by atoms with van der Waals surface area (Å²) in [4.78, 5) is 21.8. The van der Waals surface area contributed by atoms with Crippen LogP contribution in [0.1, 0.15) is 37.8 Å². The largest absolute Gasteiger partial charge is 0.497 e. The molecule has 3 heterocycles. The van der Waals surface area contributed by atoms with E-state index in [4.69, 9.17) is 10.5 Å². The third-order valence-electron chi connectivity index (χ3n) is 7.62. The maximum absolute atomic E-state index is 10.6. The predicted molar refractivity (Wildman–Crippen MR) is 135 cm³/mol. The van der Waals surface area contributed by atoms with Crippen LogP contribution in [0.15, 0.2) is 48.9 Å². The van der Waals surface area contributed by atoms with Gasteiger partial charge in [0.25, 0.3) is 0 Å². The number of benzene rings is 1. The van der Waals surface area contributed by atoms with Gasteiger partial charge in [-0.3, -0.25) is 4.79 Å². The molecule has 1 saturated heterocycles. The maximum atomic E-state index is 10.6. The highest BCUT2D eigenvalue weighted by Gasteiger charge is 2.36. The van der Waals surface area contributed by atoms with Gasteiger partial charge in [0.2, 0.25) is 0 Å². The molecule has 7 heteroatoms. The van der Waals surface area contributed by atoms with Crippen LogP contribution in [0.2, 0.25) is 0 Å². The zero-order valence-electron chi connectivity index (χ0n) is 19.8. The number of hydrogen-bond donors (Lipinski definition) is 1. The number of nitrogen functional groups attached to an aromatic ring is 1. The Labute approximate surface area is 199 Å². The molecule has 1 aliphatic carbocycles. The Morgan fingerprint density at radius 2 is 1.88 bits per heavy atom. The highest BCUT2D eigenvalue weighted by Crippen LogP contribution is 2.48. The molecular formula is C27H31N5O2. The first-order chi connectivity index (χ1) is 16.5. The van der Waals surface area contributed by atoms with Crippen molar-refractivity contribution in [1.82, 2.24) is 19.4 Å². The number of carbonyl (C=O) groups is 1. The van der Waals surface area contributed by atoms with E-state index >= 15 is 0 Å². The summed E-state index contributed by atoms with van der Waals surface area (Å²) in [5.41, 5.74) is 12.3. The number of likely N-dealkylation sites (tertiary alicyclic amines) is 1. The van der Waals surface area contributed by atoms with Crippen LogP contribution >= 0.6 is 0 Å². The molecule has 0 atom stereocenters. The van der Waals surface area contributed by atoms with Crippen LogP contribution in [0.25, 0.3) is 27.7 Å². The molecule has 7 nitrogen and oxygen atoms in total. The van der Waals surface area contributed by atoms with Crippen molar-refractivity contribution in [1.29, 1.82) is 0 Å². The third-order valence-corrected chi connectivity index (χ3v) is 7.62. The Bertz CT molecular complexity index is 1260. The Morgan fingerprint density at radius 3 is 2.53 bits per heavy atom. The van der Waals surface area contributed by atoms with Crippen molar-refractivity contribution in [3.8, 4) is 16.9 Å². The molecule has 2 aromatic heterocycles. The second kappa shape index (κ2) is 8.97. The molecule has 0 radical (unpaired) electrons. The number of aldehydes is 1. The number of aryl methyl sites for hydroxylation is 1. The van der Waals surface area contributed by atoms with Gasteiger partial charge in [0.15, 0.2) is 0 Å². The van der Waals surface area contributed by atoms with E-state index in [2.05, 4.69) is 44.7 Å². The summed E-state index contributed by atoms with van der Waals surface area (Å²) in [5.74, 6) is 1.32. The molecule has 2 N–H and O–H groups in total. The van der Waals surface area contributed by atoms with Crippen LogP contribution in [0.5, 0.6) is 5.75 Å². The number of aromatic nitrogens is 3. The van der Waals surface area contributed by atoms with Gasteiger partial charge in [-0.15, -0.1) is 0 Å². The van der Waals surface area contributed by atoms with Gasteiger partial charge in [-0.1, -0.05) is 18.2 Å². The Morgan fingerprint density at radius 1 is 1.12 bits per heavy atom. The maximum Gasteiger partial charge on any atom is 0.146 e. The Balaban J connectivity index is 1.52. The lowest BCUT2D eigenvalue weighted by Gasteiger charge is -2.43. The van der Waals surface area contributed by atoms with E-state index in [1.807, 2.05) is 18.3 Å². The summed E-state index contributed by atoms with van der Waals surface area (Å²) < 4.78 is 7.54. The summed E-state index contributed by atoms with van der Waals surface area (Å²) in [6.45, 7) is 2.01. The number of carbonyl (C=O) groups excluding carboxylic acids is 1. The second-order valence-electron chi connectivity index (χ2n) is 9.42. The van der Waals surface area contributed by atoms with E-state index in [0.717, 1.165) is 79.4 Å². The number of methoxy groups -OCH3 is 1. The number of piperidine rings is 1. The van der Waals surface area contributed by atoms with Crippen molar-refractivity contribution in [2.24, 2.45) is 12.5 Å². The molecule has 3 aromatic rings. The molecule has 0 amide bonds. The molecule has 0 saturated carbocycles. The van der Waals surface area contributed by atoms with Gasteiger partial charge in [0.1, 0.15) is 29.8 Å². The van der Waals surface area contributed by atoms with Crippen molar-refractivity contribution in [2.45, 2.75) is 32.1 Å². The molecule has 0 bridgehead atoms. The number of allylic oxidation sites excluding steroid dienone is 3. The monoisotopic (exact) mass is 457 g/mol. The second-order valence-corrected chi connectivity index (χ2v) is 9.42. The van der Waals surface area contributed by atoms with Gasteiger partial charge in [0, 0.05) is 31.9 Å². The van der Waals surface area contributed by atoms with Crippen LogP contribution in [-0.2, 0) is 11.8 Å². The SMILES string of the molecule is COc1ccc(-c2c(C3=CCC4(CC3)CCN(C=CC=O)CC4)n(C)c3ncnc(N)c23)cc1. The number of anilines is 1. The Kier molecular flexibility index (Phi) is 5.86. The normalized spacial score (nSPS) is 17.9. The minimum Gasteiger partial charge on any atom is -0.497 e. The van der Waals surface area contributed by atoms with Crippen molar-refractivity contribution in [2.75, 3.05) is 25.9 Å². The zero-order chi connectivity index (χ0) is 23.7. The summed E-state index contributed by atoms with van der Waals surface area (Å²) in [6.07, 6.45) is 13.9. The fourth-order valence-corrected chi connectivity index (χ4v) is 5.61. The van der Waals surface area contributed by atoms with Crippen LogP contribution in [-0.4, -0.2) is 45.9 Å². The number of ether oxygens (including phenoxy) is 1. The summed E-state index contributed by atoms with van der Waals surface area (Å²) in [7, 11) is 3.75. The first kappa shape index (κ1) is 22.2. The van der Waals surface area contributed by atoms with Gasteiger partial charge in [-0.25, -0.2) is 9.97 Å². The van der Waals surface area contributed by atoms with E-state index in [1.165, 1.54) is 17.6 Å². The van der Waals surface area contributed by atoms with E-state index in [-0.39, 0.29) is 0 Å². The van der Waals surface area contributed by atoms with Crippen LogP contribution in [0, 0.1) is 5.41 Å². The molecule has 1 aliphatic heterocycles. The minimum absolute atomic E-state index is 0.346. The summed E-state index contributed by atoms with van der Waals surface area (Å²) >= 11 is 0. The lowest BCUT2D eigenvalue weighted by molar-refractivity contribution is -0.104. The van der Waals surface area contributed by atoms with E-state index < -0.39 is 0 Å². The van der Waals surface area contributed by atoms with Gasteiger partial charge in [-0.05, 0) is 66.9 Å². The van der Waals surface area contributed by atoms with Gasteiger partial charge < -0.3 is 19.9 Å². The standard InChI is InChI=1S/C27H31N5O2/c1-31-24(20-8-10-27(11-9-20)12-15-32(16-13-27)14-3-17-33)22(19-4-6-21(34-2)7-5-19)23-25(28)29-18-30-26(23)31/h3-8,14,17-18H,9-13,15-16H2,1-2H3,(H2,28,29,30). The lowest BCUT2D eigenvalue weighted by Crippen LogP contribution is -2.38. The van der Waals surface area contributed by atoms with E-state index in [0.29, 0.717) is 11.2 Å². The fraction of sp³-hybridized carbons (Fsp3) is 0.370. The van der Waals surface area contributed by atoms with Crippen molar-refractivity contribution in [3.05, 3.63) is 54.6 Å². The molecule has 0 unspecified atom stereocenters. The van der Waals surface area contributed by atoms with Crippen LogP contribution < -0.4 is 10.5 Å². The van der Waals surface area contributed by atoms with Gasteiger partial charge in [-0.2, -0.15) is 0 Å². The number of hydrogen-bond acceptors (Lipinski definition) is 6. The average Bonchev–Trinajstić information content (AvgIpc) is 3.18. The smallest absolute Gasteiger partial charge is 0.146 e. The number of rotatable bonds is 5. The van der Waals surface area contributed by atoms with Crippen molar-refractivity contribution >= 4 is 28.7 Å². The van der Waals surface area contributed by atoms with Crippen LogP contribution in [0.3, 0.4) is 0 Å². The zero-order valence-corrected chi connectivity index (χ0v) is 19.8. The molecular weight excluding hydrogens is 426 g/mol. The third kappa shape index (κ3) is 3.85. The highest BCUT2D eigenvalue weighted by molar-refractivity contribution is 6.05. The Hall–Kier alpha value is -3.61. The van der Waals surface area contributed by atoms with Crippen molar-refractivity contribution < 1.29 is 9.53 Å². The molecule has 1 fully saturated rings. The number of nitrogens with zero attached hydrogens (tertiary/aromatic N) is 4. The minimum atomic E-state index is 0.346. The molecule has 1 aromatic carbocycles. The van der Waals surface area contributed by atoms with E-state index in [9.17, 15) is 4.79 Å². The molecule has 1 spiro atoms. The first-order valence-corrected chi connectivity index (χ1v) is 11.8. The summed E-state index contributed by atoms with van der Waals surface area (Å²) in [5, 5.41) is 0.904.